The molecule has 3 N–H and O–H groups in total. The second-order valence-electron chi connectivity index (χ2n) is 6.99. The molecule has 0 aliphatic carbocycles. The largest absolute Gasteiger partial charge is 0.442 e. The molecule has 0 aliphatic rings. The highest BCUT2D eigenvalue weighted by Gasteiger charge is 2.24. The zero-order chi connectivity index (χ0) is 20.1. The summed E-state index contributed by atoms with van der Waals surface area (Å²) in [4.78, 5) is 25.4. The van der Waals surface area contributed by atoms with Gasteiger partial charge in [-0.25, -0.2) is 10.6 Å². The van der Waals surface area contributed by atoms with Crippen molar-refractivity contribution in [3.63, 3.8) is 0 Å². The lowest BCUT2D eigenvalue weighted by Gasteiger charge is -2.23. The number of rotatable bonds is 4. The average molecular weight is 378 g/mol. The van der Waals surface area contributed by atoms with E-state index in [1.54, 1.807) is 20.8 Å². The standard InChI is InChI=1S/C20H22N6O2/c1-20(2,3)28-19(27)26(21)18-24-16(14-10-6-4-7-11-14)23-17(25-18)22-15-12-8-5-9-13-15/h4-13H,21H2,1-3H3,(H,22,23,24,25). The minimum Gasteiger partial charge on any atom is -0.442 e. The van der Waals surface area contributed by atoms with Gasteiger partial charge in [-0.2, -0.15) is 20.0 Å². The number of aromatic nitrogens is 3. The molecule has 1 heterocycles. The number of hydrogen-bond acceptors (Lipinski definition) is 7. The van der Waals surface area contributed by atoms with Gasteiger partial charge in [0.2, 0.25) is 5.95 Å². The Morgan fingerprint density at radius 1 is 0.964 bits per heavy atom. The first-order valence-electron chi connectivity index (χ1n) is 8.73. The van der Waals surface area contributed by atoms with Crippen molar-refractivity contribution in [2.45, 2.75) is 26.4 Å². The van der Waals surface area contributed by atoms with E-state index in [4.69, 9.17) is 10.6 Å². The van der Waals surface area contributed by atoms with E-state index in [0.717, 1.165) is 16.3 Å². The molecule has 0 unspecified atom stereocenters. The highest BCUT2D eigenvalue weighted by molar-refractivity contribution is 5.84. The first-order valence-corrected chi connectivity index (χ1v) is 8.73. The van der Waals surface area contributed by atoms with Gasteiger partial charge in [-0.1, -0.05) is 48.5 Å². The maximum atomic E-state index is 12.3. The third kappa shape index (κ3) is 5.01. The Kier molecular flexibility index (Phi) is 5.51. The minimum absolute atomic E-state index is 0.0264. The molecule has 1 aromatic heterocycles. The molecular formula is C20H22N6O2. The van der Waals surface area contributed by atoms with Crippen LogP contribution >= 0.6 is 0 Å². The van der Waals surface area contributed by atoms with Crippen molar-refractivity contribution in [1.29, 1.82) is 0 Å². The fourth-order valence-corrected chi connectivity index (χ4v) is 2.29. The molecule has 0 aliphatic heterocycles. The number of ether oxygens (including phenoxy) is 1. The summed E-state index contributed by atoms with van der Waals surface area (Å²) in [6.07, 6.45) is -0.761. The van der Waals surface area contributed by atoms with Gasteiger partial charge in [0.25, 0.3) is 5.95 Å². The smallest absolute Gasteiger partial charge is 0.432 e. The number of amides is 1. The number of hydrogen-bond donors (Lipinski definition) is 2. The predicted octanol–water partition coefficient (Wildman–Crippen LogP) is 3.90. The Labute approximate surface area is 163 Å². The van der Waals surface area contributed by atoms with Crippen LogP contribution in [0.5, 0.6) is 0 Å². The van der Waals surface area contributed by atoms with Crippen molar-refractivity contribution in [1.82, 2.24) is 15.0 Å². The van der Waals surface area contributed by atoms with E-state index in [9.17, 15) is 4.79 Å². The Hall–Kier alpha value is -3.52. The van der Waals surface area contributed by atoms with Crippen LogP contribution in [0.4, 0.5) is 22.4 Å². The first kappa shape index (κ1) is 19.2. The van der Waals surface area contributed by atoms with E-state index < -0.39 is 11.7 Å². The summed E-state index contributed by atoms with van der Waals surface area (Å²) in [5.74, 6) is 6.54. The van der Waals surface area contributed by atoms with Crippen LogP contribution in [0, 0.1) is 0 Å². The number of anilines is 3. The lowest BCUT2D eigenvalue weighted by Crippen LogP contribution is -2.42. The minimum atomic E-state index is -0.761. The number of carbonyl (C=O) groups is 1. The molecule has 3 rings (SSSR count). The molecule has 3 aromatic rings. The summed E-state index contributed by atoms with van der Waals surface area (Å²) in [5.41, 5.74) is 0.856. The van der Waals surface area contributed by atoms with Gasteiger partial charge in [-0.3, -0.25) is 0 Å². The van der Waals surface area contributed by atoms with Gasteiger partial charge in [0.05, 0.1) is 0 Å². The lowest BCUT2D eigenvalue weighted by molar-refractivity contribution is 0.0577. The number of benzene rings is 2. The Morgan fingerprint density at radius 2 is 1.57 bits per heavy atom. The van der Waals surface area contributed by atoms with E-state index in [0.29, 0.717) is 5.82 Å². The van der Waals surface area contributed by atoms with Crippen molar-refractivity contribution in [2.75, 3.05) is 10.3 Å². The van der Waals surface area contributed by atoms with E-state index in [1.807, 2.05) is 60.7 Å². The van der Waals surface area contributed by atoms with Crippen molar-refractivity contribution < 1.29 is 9.53 Å². The van der Waals surface area contributed by atoms with Crippen LogP contribution in [0.1, 0.15) is 20.8 Å². The zero-order valence-electron chi connectivity index (χ0n) is 16.0. The van der Waals surface area contributed by atoms with Gasteiger partial charge >= 0.3 is 6.09 Å². The maximum Gasteiger partial charge on any atom is 0.432 e. The SMILES string of the molecule is CC(C)(C)OC(=O)N(N)c1nc(Nc2ccccc2)nc(-c2ccccc2)n1. The van der Waals surface area contributed by atoms with Crippen LogP contribution in [0.25, 0.3) is 11.4 Å². The molecular weight excluding hydrogens is 356 g/mol. The summed E-state index contributed by atoms with van der Waals surface area (Å²) in [5, 5.41) is 3.87. The van der Waals surface area contributed by atoms with Crippen LogP contribution < -0.4 is 16.2 Å². The summed E-state index contributed by atoms with van der Waals surface area (Å²) in [6, 6.07) is 18.8. The van der Waals surface area contributed by atoms with Gasteiger partial charge in [0.15, 0.2) is 5.82 Å². The number of carbonyl (C=O) groups excluding carboxylic acids is 1. The summed E-state index contributed by atoms with van der Waals surface area (Å²) in [6.45, 7) is 5.26. The zero-order valence-corrected chi connectivity index (χ0v) is 16.0. The Bertz CT molecular complexity index is 942. The Morgan fingerprint density at radius 3 is 2.18 bits per heavy atom. The molecule has 0 saturated carbocycles. The Balaban J connectivity index is 1.98. The van der Waals surface area contributed by atoms with E-state index in [1.165, 1.54) is 0 Å². The molecule has 0 saturated heterocycles. The summed E-state index contributed by atoms with van der Waals surface area (Å²) in [7, 11) is 0. The fourth-order valence-electron chi connectivity index (χ4n) is 2.29. The predicted molar refractivity (Wildman–Crippen MR) is 108 cm³/mol. The molecule has 2 aromatic carbocycles. The summed E-state index contributed by atoms with van der Waals surface area (Å²) < 4.78 is 5.30. The second-order valence-corrected chi connectivity index (χ2v) is 6.99. The van der Waals surface area contributed by atoms with Gasteiger partial charge in [0.1, 0.15) is 5.60 Å². The average Bonchev–Trinajstić information content (AvgIpc) is 2.67. The summed E-state index contributed by atoms with van der Waals surface area (Å²) >= 11 is 0. The van der Waals surface area contributed by atoms with E-state index >= 15 is 0 Å². The van der Waals surface area contributed by atoms with Crippen molar-refractivity contribution in [3.05, 3.63) is 60.7 Å². The van der Waals surface area contributed by atoms with Gasteiger partial charge in [0, 0.05) is 11.3 Å². The fraction of sp³-hybridized carbons (Fsp3) is 0.200. The van der Waals surface area contributed by atoms with Gasteiger partial charge in [-0.15, -0.1) is 0 Å². The number of para-hydroxylation sites is 1. The first-order chi connectivity index (χ1) is 13.3. The van der Waals surface area contributed by atoms with Crippen LogP contribution in [0.2, 0.25) is 0 Å². The van der Waals surface area contributed by atoms with Crippen molar-refractivity contribution >= 4 is 23.7 Å². The quantitative estimate of drug-likeness (QED) is 0.403. The molecule has 0 spiro atoms. The van der Waals surface area contributed by atoms with Crippen molar-refractivity contribution in [2.24, 2.45) is 5.84 Å². The lowest BCUT2D eigenvalue weighted by atomic mass is 10.2. The van der Waals surface area contributed by atoms with Crippen LogP contribution in [-0.2, 0) is 4.74 Å². The molecule has 28 heavy (non-hydrogen) atoms. The van der Waals surface area contributed by atoms with Crippen LogP contribution in [0.3, 0.4) is 0 Å². The topological polar surface area (TPSA) is 106 Å². The molecule has 0 radical (unpaired) electrons. The van der Waals surface area contributed by atoms with Gasteiger partial charge < -0.3 is 10.1 Å². The number of nitrogens with two attached hydrogens (primary N) is 1. The molecule has 0 atom stereocenters. The number of hydrazine groups is 1. The molecule has 0 bridgehead atoms. The highest BCUT2D eigenvalue weighted by Crippen LogP contribution is 2.21. The molecule has 1 amide bonds. The molecule has 8 heteroatoms. The van der Waals surface area contributed by atoms with E-state index in [-0.39, 0.29) is 11.9 Å². The van der Waals surface area contributed by atoms with Crippen LogP contribution in [0.15, 0.2) is 60.7 Å². The normalized spacial score (nSPS) is 11.0. The van der Waals surface area contributed by atoms with Crippen molar-refractivity contribution in [3.8, 4) is 11.4 Å². The van der Waals surface area contributed by atoms with Gasteiger partial charge in [-0.05, 0) is 32.9 Å². The molecule has 0 fully saturated rings. The van der Waals surface area contributed by atoms with E-state index in [2.05, 4.69) is 20.3 Å². The molecule has 8 nitrogen and oxygen atoms in total. The third-order valence-corrected chi connectivity index (χ3v) is 3.49. The maximum absolute atomic E-state index is 12.3. The third-order valence-electron chi connectivity index (χ3n) is 3.49. The molecule has 144 valence electrons. The monoisotopic (exact) mass is 378 g/mol. The highest BCUT2D eigenvalue weighted by atomic mass is 16.6. The number of nitrogens with zero attached hydrogens (tertiary/aromatic N) is 4. The second kappa shape index (κ2) is 8.01. The number of nitrogens with one attached hydrogen (secondary N) is 1. The van der Waals surface area contributed by atoms with Crippen LogP contribution in [-0.4, -0.2) is 26.6 Å².